The zero-order chi connectivity index (χ0) is 12.8. The average Bonchev–Trinajstić information content (AvgIpc) is 2.23. The quantitative estimate of drug-likeness (QED) is 0.509. The average molecular weight is 315 g/mol. The molecule has 0 heterocycles. The summed E-state index contributed by atoms with van der Waals surface area (Å²) in [5.41, 5.74) is -0.135. The number of hydrogen-bond donors (Lipinski definition) is 0. The number of hydrogen-bond acceptors (Lipinski definition) is 4. The first kappa shape index (κ1) is 16.5. The predicted molar refractivity (Wildman–Crippen MR) is 69.8 cm³/mol. The van der Waals surface area contributed by atoms with Crippen LogP contribution in [0.15, 0.2) is 0 Å². The number of ether oxygens (including phenoxy) is 1. The molecule has 0 aromatic rings. The molecule has 0 aliphatic rings. The van der Waals surface area contributed by atoms with E-state index in [0.29, 0.717) is 6.61 Å². The highest BCUT2D eigenvalue weighted by atomic mass is 79.9. The van der Waals surface area contributed by atoms with Crippen LogP contribution in [0.4, 0.5) is 0 Å². The standard InChI is InChI=1S/C10H23BrO4Si/c1-7-9(15-8-10(2,3)11)16(12-4,13-5)14-6/h9H,7-8H2,1-6H3. The van der Waals surface area contributed by atoms with Crippen molar-refractivity contribution in [3.8, 4) is 0 Å². The molecule has 0 aliphatic heterocycles. The maximum atomic E-state index is 5.83. The fourth-order valence-corrected chi connectivity index (χ4v) is 3.62. The highest BCUT2D eigenvalue weighted by Gasteiger charge is 2.48. The van der Waals surface area contributed by atoms with Gasteiger partial charge >= 0.3 is 8.80 Å². The van der Waals surface area contributed by atoms with Gasteiger partial charge in [-0.2, -0.15) is 0 Å². The topological polar surface area (TPSA) is 36.9 Å². The molecular weight excluding hydrogens is 292 g/mol. The van der Waals surface area contributed by atoms with E-state index >= 15 is 0 Å². The normalized spacial score (nSPS) is 15.2. The summed E-state index contributed by atoms with van der Waals surface area (Å²) < 4.78 is 22.0. The molecule has 0 rings (SSSR count). The Morgan fingerprint density at radius 2 is 1.56 bits per heavy atom. The zero-order valence-electron chi connectivity index (χ0n) is 11.0. The SMILES string of the molecule is CCC(OCC(C)(C)Br)[Si](OC)(OC)OC. The Balaban J connectivity index is 4.56. The molecule has 0 radical (unpaired) electrons. The van der Waals surface area contributed by atoms with Gasteiger partial charge in [-0.1, -0.05) is 22.9 Å². The smallest absolute Gasteiger partial charge is 0.375 e. The highest BCUT2D eigenvalue weighted by molar-refractivity contribution is 9.10. The Morgan fingerprint density at radius 1 is 1.12 bits per heavy atom. The molecule has 6 heteroatoms. The van der Waals surface area contributed by atoms with Gasteiger partial charge in [-0.05, 0) is 20.3 Å². The van der Waals surface area contributed by atoms with Crippen molar-refractivity contribution >= 4 is 24.7 Å². The molecule has 16 heavy (non-hydrogen) atoms. The minimum Gasteiger partial charge on any atom is -0.375 e. The Bertz CT molecular complexity index is 183. The van der Waals surface area contributed by atoms with Crippen molar-refractivity contribution in [2.24, 2.45) is 0 Å². The van der Waals surface area contributed by atoms with Gasteiger partial charge in [0.25, 0.3) is 0 Å². The van der Waals surface area contributed by atoms with Crippen molar-refractivity contribution in [3.05, 3.63) is 0 Å². The van der Waals surface area contributed by atoms with Crippen LogP contribution < -0.4 is 0 Å². The van der Waals surface area contributed by atoms with Crippen LogP contribution in [0, 0.1) is 0 Å². The van der Waals surface area contributed by atoms with Crippen LogP contribution in [0.2, 0.25) is 0 Å². The molecule has 0 saturated heterocycles. The fraction of sp³-hybridized carbons (Fsp3) is 1.00. The van der Waals surface area contributed by atoms with Gasteiger partial charge in [0, 0.05) is 25.7 Å². The first-order valence-corrected chi connectivity index (χ1v) is 7.90. The highest BCUT2D eigenvalue weighted by Crippen LogP contribution is 2.22. The van der Waals surface area contributed by atoms with Crippen LogP contribution in [-0.2, 0) is 18.0 Å². The van der Waals surface area contributed by atoms with Gasteiger partial charge in [0.1, 0.15) is 5.73 Å². The van der Waals surface area contributed by atoms with Crippen LogP contribution in [0.1, 0.15) is 27.2 Å². The van der Waals surface area contributed by atoms with Crippen molar-refractivity contribution in [3.63, 3.8) is 0 Å². The molecule has 0 spiro atoms. The summed E-state index contributed by atoms with van der Waals surface area (Å²) in [5, 5.41) is 0. The summed E-state index contributed by atoms with van der Waals surface area (Å²) in [6.45, 7) is 6.71. The van der Waals surface area contributed by atoms with Crippen molar-refractivity contribution in [1.82, 2.24) is 0 Å². The van der Waals surface area contributed by atoms with E-state index in [1.54, 1.807) is 21.3 Å². The van der Waals surface area contributed by atoms with E-state index in [-0.39, 0.29) is 10.1 Å². The minimum absolute atomic E-state index is 0.0597. The maximum Gasteiger partial charge on any atom is 0.530 e. The van der Waals surface area contributed by atoms with Crippen molar-refractivity contribution in [2.75, 3.05) is 27.9 Å². The molecule has 0 aromatic heterocycles. The van der Waals surface area contributed by atoms with Crippen LogP contribution in [-0.4, -0.2) is 46.8 Å². The second-order valence-corrected chi connectivity index (χ2v) is 9.37. The molecule has 0 amide bonds. The zero-order valence-corrected chi connectivity index (χ0v) is 13.6. The van der Waals surface area contributed by atoms with Crippen LogP contribution in [0.3, 0.4) is 0 Å². The first-order valence-electron chi connectivity index (χ1n) is 5.31. The molecule has 0 bridgehead atoms. The van der Waals surface area contributed by atoms with E-state index in [4.69, 9.17) is 18.0 Å². The van der Waals surface area contributed by atoms with E-state index in [1.165, 1.54) is 0 Å². The summed E-state index contributed by atoms with van der Waals surface area (Å²) in [5.74, 6) is 0. The summed E-state index contributed by atoms with van der Waals surface area (Å²) in [6.07, 6.45) is 0.796. The van der Waals surface area contributed by atoms with Crippen LogP contribution in [0.25, 0.3) is 0 Å². The Morgan fingerprint density at radius 3 is 1.81 bits per heavy atom. The molecule has 0 fully saturated rings. The molecule has 0 saturated carbocycles. The van der Waals surface area contributed by atoms with Crippen LogP contribution in [0.5, 0.6) is 0 Å². The van der Waals surface area contributed by atoms with Crippen molar-refractivity contribution in [2.45, 2.75) is 37.2 Å². The van der Waals surface area contributed by atoms with Gasteiger partial charge < -0.3 is 18.0 Å². The van der Waals surface area contributed by atoms with Crippen LogP contribution >= 0.6 is 15.9 Å². The fourth-order valence-electron chi connectivity index (χ4n) is 1.41. The summed E-state index contributed by atoms with van der Waals surface area (Å²) in [4.78, 5) is 0. The monoisotopic (exact) mass is 314 g/mol. The summed E-state index contributed by atoms with van der Waals surface area (Å²) >= 11 is 3.54. The Labute approximate surface area is 108 Å². The molecule has 0 N–H and O–H groups in total. The Kier molecular flexibility index (Phi) is 7.32. The second-order valence-electron chi connectivity index (χ2n) is 4.14. The lowest BCUT2D eigenvalue weighted by Gasteiger charge is -2.33. The lowest BCUT2D eigenvalue weighted by Crippen LogP contribution is -2.56. The van der Waals surface area contributed by atoms with Crippen molar-refractivity contribution < 1.29 is 18.0 Å². The molecule has 0 aromatic carbocycles. The van der Waals surface area contributed by atoms with Gasteiger partial charge in [0.05, 0.1) is 6.61 Å². The third-order valence-corrected chi connectivity index (χ3v) is 5.55. The number of rotatable bonds is 8. The number of alkyl halides is 1. The van der Waals surface area contributed by atoms with Crippen molar-refractivity contribution in [1.29, 1.82) is 0 Å². The summed E-state index contributed by atoms with van der Waals surface area (Å²) in [7, 11) is 2.12. The molecular formula is C10H23BrO4Si. The van der Waals surface area contributed by atoms with Gasteiger partial charge in [-0.3, -0.25) is 0 Å². The largest absolute Gasteiger partial charge is 0.530 e. The Hall–Kier alpha value is 0.537. The second kappa shape index (κ2) is 7.08. The van der Waals surface area contributed by atoms with E-state index in [2.05, 4.69) is 29.8 Å². The van der Waals surface area contributed by atoms with E-state index in [0.717, 1.165) is 6.42 Å². The first-order chi connectivity index (χ1) is 7.35. The predicted octanol–water partition coefficient (Wildman–Crippen LogP) is 2.37. The number of halogens is 1. The van der Waals surface area contributed by atoms with E-state index in [9.17, 15) is 0 Å². The molecule has 1 unspecified atom stereocenters. The van der Waals surface area contributed by atoms with E-state index in [1.807, 2.05) is 6.92 Å². The maximum absolute atomic E-state index is 5.83. The molecule has 98 valence electrons. The van der Waals surface area contributed by atoms with Gasteiger partial charge in [0.15, 0.2) is 0 Å². The third kappa shape index (κ3) is 4.81. The lowest BCUT2D eigenvalue weighted by atomic mass is 10.2. The molecule has 0 aliphatic carbocycles. The molecule has 4 nitrogen and oxygen atoms in total. The summed E-state index contributed by atoms with van der Waals surface area (Å²) in [6, 6.07) is 0. The van der Waals surface area contributed by atoms with Gasteiger partial charge in [-0.25, -0.2) is 0 Å². The van der Waals surface area contributed by atoms with Gasteiger partial charge in [0.2, 0.25) is 0 Å². The molecule has 1 atom stereocenters. The lowest BCUT2D eigenvalue weighted by molar-refractivity contribution is 0.00688. The van der Waals surface area contributed by atoms with E-state index < -0.39 is 8.80 Å². The third-order valence-electron chi connectivity index (χ3n) is 2.25. The minimum atomic E-state index is -2.69. The van der Waals surface area contributed by atoms with Gasteiger partial charge in [-0.15, -0.1) is 0 Å².